The van der Waals surface area contributed by atoms with Crippen molar-refractivity contribution in [3.63, 3.8) is 0 Å². The number of hydrogen-bond donors (Lipinski definition) is 3. The number of sulfonamides is 1. The van der Waals surface area contributed by atoms with Crippen molar-refractivity contribution in [2.75, 3.05) is 0 Å². The fraction of sp³-hybridized carbons (Fsp3) is 0.300. The van der Waals surface area contributed by atoms with Crippen LogP contribution in [0.2, 0.25) is 0 Å². The minimum atomic E-state index is -3.66. The highest BCUT2D eigenvalue weighted by molar-refractivity contribution is 7.89. The summed E-state index contributed by atoms with van der Waals surface area (Å²) in [5.41, 5.74) is 6.96. The molecule has 18 heavy (non-hydrogen) atoms. The Morgan fingerprint density at radius 1 is 1.50 bits per heavy atom. The van der Waals surface area contributed by atoms with E-state index in [1.165, 1.54) is 12.1 Å². The number of aromatic nitrogens is 2. The number of H-pyrrole nitrogens is 1. The highest BCUT2D eigenvalue weighted by Crippen LogP contribution is 2.14. The van der Waals surface area contributed by atoms with Crippen LogP contribution in [0.1, 0.15) is 17.0 Å². The van der Waals surface area contributed by atoms with Gasteiger partial charge in [0.15, 0.2) is 0 Å². The number of nitrogens with one attached hydrogen (secondary N) is 2. The Bertz CT molecular complexity index is 629. The summed E-state index contributed by atoms with van der Waals surface area (Å²) in [6.45, 7) is 2.13. The molecule has 2 aromatic heterocycles. The van der Waals surface area contributed by atoms with Crippen molar-refractivity contribution in [3.05, 3.63) is 35.3 Å². The van der Waals surface area contributed by atoms with Gasteiger partial charge in [-0.2, -0.15) is 5.10 Å². The quantitative estimate of drug-likeness (QED) is 0.720. The number of aromatic amines is 1. The minimum Gasteiger partial charge on any atom is -0.447 e. The molecule has 0 aliphatic rings. The summed E-state index contributed by atoms with van der Waals surface area (Å²) >= 11 is 0. The van der Waals surface area contributed by atoms with Crippen LogP contribution >= 0.6 is 0 Å². The van der Waals surface area contributed by atoms with E-state index in [4.69, 9.17) is 10.2 Å². The SMILES string of the molecule is Cc1[nH]ncc1CNS(=O)(=O)c1ccc(CN)o1. The third-order valence-electron chi connectivity index (χ3n) is 2.49. The summed E-state index contributed by atoms with van der Waals surface area (Å²) in [4.78, 5) is 0. The minimum absolute atomic E-state index is 0.135. The summed E-state index contributed by atoms with van der Waals surface area (Å²) in [6, 6.07) is 2.92. The Labute approximate surface area is 104 Å². The molecule has 0 aliphatic carbocycles. The lowest BCUT2D eigenvalue weighted by Crippen LogP contribution is -2.23. The van der Waals surface area contributed by atoms with Crippen LogP contribution in [0.5, 0.6) is 0 Å². The van der Waals surface area contributed by atoms with Gasteiger partial charge < -0.3 is 10.2 Å². The first-order chi connectivity index (χ1) is 8.53. The normalized spacial score (nSPS) is 11.9. The molecule has 4 N–H and O–H groups in total. The Morgan fingerprint density at radius 3 is 2.83 bits per heavy atom. The molecule has 2 rings (SSSR count). The van der Waals surface area contributed by atoms with Gasteiger partial charge in [0.2, 0.25) is 5.09 Å². The predicted octanol–water partition coefficient (Wildman–Crippen LogP) is 0.248. The summed E-state index contributed by atoms with van der Waals surface area (Å²) in [7, 11) is -3.66. The van der Waals surface area contributed by atoms with E-state index < -0.39 is 10.0 Å². The first-order valence-electron chi connectivity index (χ1n) is 5.30. The van der Waals surface area contributed by atoms with Crippen LogP contribution in [0.15, 0.2) is 27.8 Å². The van der Waals surface area contributed by atoms with E-state index in [0.29, 0.717) is 5.76 Å². The van der Waals surface area contributed by atoms with Gasteiger partial charge in [-0.05, 0) is 19.1 Å². The van der Waals surface area contributed by atoms with Gasteiger partial charge in [0.05, 0.1) is 12.7 Å². The van der Waals surface area contributed by atoms with Crippen LogP contribution in [0.3, 0.4) is 0 Å². The molecule has 0 amide bonds. The fourth-order valence-electron chi connectivity index (χ4n) is 1.41. The Kier molecular flexibility index (Phi) is 3.50. The molecular weight excluding hydrogens is 256 g/mol. The molecule has 0 saturated heterocycles. The van der Waals surface area contributed by atoms with Crippen molar-refractivity contribution in [3.8, 4) is 0 Å². The van der Waals surface area contributed by atoms with Crippen LogP contribution in [-0.4, -0.2) is 18.6 Å². The van der Waals surface area contributed by atoms with Crippen molar-refractivity contribution in [2.45, 2.75) is 25.1 Å². The van der Waals surface area contributed by atoms with E-state index in [1.54, 1.807) is 6.20 Å². The molecule has 0 spiro atoms. The largest absolute Gasteiger partial charge is 0.447 e. The van der Waals surface area contributed by atoms with Crippen LogP contribution in [0.4, 0.5) is 0 Å². The second-order valence-corrected chi connectivity index (χ2v) is 5.47. The first kappa shape index (κ1) is 12.8. The lowest BCUT2D eigenvalue weighted by atomic mass is 10.3. The summed E-state index contributed by atoms with van der Waals surface area (Å²) < 4.78 is 31.3. The molecular formula is C10H14N4O3S. The number of furan rings is 1. The Morgan fingerprint density at radius 2 is 2.28 bits per heavy atom. The van der Waals surface area contributed by atoms with Gasteiger partial charge in [0.1, 0.15) is 5.76 Å². The second kappa shape index (κ2) is 4.92. The van der Waals surface area contributed by atoms with Gasteiger partial charge in [-0.3, -0.25) is 5.10 Å². The monoisotopic (exact) mass is 270 g/mol. The molecule has 2 aromatic rings. The van der Waals surface area contributed by atoms with E-state index in [0.717, 1.165) is 11.3 Å². The third kappa shape index (κ3) is 2.61. The molecule has 98 valence electrons. The topological polar surface area (TPSA) is 114 Å². The van der Waals surface area contributed by atoms with E-state index >= 15 is 0 Å². The molecule has 2 heterocycles. The molecule has 0 unspecified atom stereocenters. The predicted molar refractivity (Wildman–Crippen MR) is 63.9 cm³/mol. The standard InChI is InChI=1S/C10H14N4O3S/c1-7-8(5-12-14-7)6-13-18(15,16)10-3-2-9(4-11)17-10/h2-3,5,13H,4,6,11H2,1H3,(H,12,14). The van der Waals surface area contributed by atoms with Crippen LogP contribution in [0, 0.1) is 6.92 Å². The zero-order valence-corrected chi connectivity index (χ0v) is 10.6. The van der Waals surface area contributed by atoms with Gasteiger partial charge in [0, 0.05) is 17.8 Å². The summed E-state index contributed by atoms with van der Waals surface area (Å²) in [6.07, 6.45) is 1.57. The van der Waals surface area contributed by atoms with Crippen molar-refractivity contribution in [2.24, 2.45) is 5.73 Å². The second-order valence-electron chi connectivity index (χ2n) is 3.77. The zero-order valence-electron chi connectivity index (χ0n) is 9.80. The summed E-state index contributed by atoms with van der Waals surface area (Å²) in [5.74, 6) is 0.426. The first-order valence-corrected chi connectivity index (χ1v) is 6.78. The van der Waals surface area contributed by atoms with Gasteiger partial charge in [-0.1, -0.05) is 0 Å². The molecule has 0 saturated carbocycles. The van der Waals surface area contributed by atoms with E-state index in [1.807, 2.05) is 6.92 Å². The van der Waals surface area contributed by atoms with E-state index in [9.17, 15) is 8.42 Å². The average molecular weight is 270 g/mol. The number of nitrogens with two attached hydrogens (primary N) is 1. The number of hydrogen-bond acceptors (Lipinski definition) is 5. The maximum Gasteiger partial charge on any atom is 0.274 e. The van der Waals surface area contributed by atoms with Crippen LogP contribution in [0.25, 0.3) is 0 Å². The van der Waals surface area contributed by atoms with Gasteiger partial charge in [0.25, 0.3) is 10.0 Å². The molecule has 0 atom stereocenters. The average Bonchev–Trinajstić information content (AvgIpc) is 2.95. The van der Waals surface area contributed by atoms with E-state index in [-0.39, 0.29) is 18.2 Å². The third-order valence-corrected chi connectivity index (χ3v) is 3.76. The highest BCUT2D eigenvalue weighted by atomic mass is 32.2. The van der Waals surface area contributed by atoms with Crippen molar-refractivity contribution in [1.29, 1.82) is 0 Å². The maximum absolute atomic E-state index is 11.9. The summed E-state index contributed by atoms with van der Waals surface area (Å²) in [5, 5.41) is 6.41. The van der Waals surface area contributed by atoms with Crippen molar-refractivity contribution >= 4 is 10.0 Å². The molecule has 0 aliphatic heterocycles. The van der Waals surface area contributed by atoms with Crippen LogP contribution in [-0.2, 0) is 23.1 Å². The van der Waals surface area contributed by atoms with Crippen LogP contribution < -0.4 is 10.5 Å². The van der Waals surface area contributed by atoms with E-state index in [2.05, 4.69) is 14.9 Å². The molecule has 0 fully saturated rings. The van der Waals surface area contributed by atoms with Crippen molar-refractivity contribution in [1.82, 2.24) is 14.9 Å². The van der Waals surface area contributed by atoms with Crippen molar-refractivity contribution < 1.29 is 12.8 Å². The maximum atomic E-state index is 11.9. The van der Waals surface area contributed by atoms with Gasteiger partial charge >= 0.3 is 0 Å². The number of rotatable bonds is 5. The van der Waals surface area contributed by atoms with Gasteiger partial charge in [-0.15, -0.1) is 0 Å². The lowest BCUT2D eigenvalue weighted by Gasteiger charge is -2.03. The Balaban J connectivity index is 2.10. The number of aryl methyl sites for hydroxylation is 1. The Hall–Kier alpha value is -1.64. The molecule has 8 heteroatoms. The van der Waals surface area contributed by atoms with Gasteiger partial charge in [-0.25, -0.2) is 13.1 Å². The number of nitrogens with zero attached hydrogens (tertiary/aromatic N) is 1. The molecule has 7 nitrogen and oxygen atoms in total. The lowest BCUT2D eigenvalue weighted by molar-refractivity contribution is 0.412. The molecule has 0 bridgehead atoms. The molecule has 0 aromatic carbocycles. The fourth-order valence-corrected chi connectivity index (χ4v) is 2.36. The zero-order chi connectivity index (χ0) is 13.2. The highest BCUT2D eigenvalue weighted by Gasteiger charge is 2.18. The smallest absolute Gasteiger partial charge is 0.274 e. The molecule has 0 radical (unpaired) electrons.